The SMILES string of the molecule is CCN(Cc1ccc2c(c1)OCO2)C(=O)CNC(=O)[C@@H](N)C(C)C. The number of hydrogen-bond donors (Lipinski definition) is 2. The van der Waals surface area contributed by atoms with Crippen LogP contribution in [0.25, 0.3) is 0 Å². The van der Waals surface area contributed by atoms with Crippen molar-refractivity contribution in [2.75, 3.05) is 19.9 Å². The molecule has 0 aromatic heterocycles. The van der Waals surface area contributed by atoms with Gasteiger partial charge in [-0.15, -0.1) is 0 Å². The van der Waals surface area contributed by atoms with Crippen molar-refractivity contribution in [1.29, 1.82) is 0 Å². The van der Waals surface area contributed by atoms with Crippen LogP contribution in [-0.4, -0.2) is 42.6 Å². The van der Waals surface area contributed by atoms with Crippen molar-refractivity contribution in [3.63, 3.8) is 0 Å². The van der Waals surface area contributed by atoms with Crippen molar-refractivity contribution in [3.05, 3.63) is 23.8 Å². The summed E-state index contributed by atoms with van der Waals surface area (Å²) in [6.07, 6.45) is 0. The van der Waals surface area contributed by atoms with Gasteiger partial charge in [0.1, 0.15) is 0 Å². The molecule has 1 aromatic carbocycles. The fourth-order valence-corrected chi connectivity index (χ4v) is 2.33. The van der Waals surface area contributed by atoms with E-state index < -0.39 is 6.04 Å². The zero-order valence-electron chi connectivity index (χ0n) is 14.4. The Kier molecular flexibility index (Phi) is 6.03. The van der Waals surface area contributed by atoms with Crippen LogP contribution in [0.4, 0.5) is 0 Å². The first-order valence-corrected chi connectivity index (χ1v) is 8.12. The van der Waals surface area contributed by atoms with Crippen LogP contribution in [0.15, 0.2) is 18.2 Å². The molecule has 0 radical (unpaired) electrons. The first-order valence-electron chi connectivity index (χ1n) is 8.12. The predicted molar refractivity (Wildman–Crippen MR) is 89.5 cm³/mol. The highest BCUT2D eigenvalue weighted by atomic mass is 16.7. The number of amides is 2. The summed E-state index contributed by atoms with van der Waals surface area (Å²) in [5.74, 6) is 0.961. The maximum absolute atomic E-state index is 12.3. The Morgan fingerprint density at radius 3 is 2.67 bits per heavy atom. The number of carbonyl (C=O) groups excluding carboxylic acids is 2. The Hall–Kier alpha value is -2.28. The molecule has 7 nitrogen and oxygen atoms in total. The number of fused-ring (bicyclic) bond motifs is 1. The summed E-state index contributed by atoms with van der Waals surface area (Å²) in [6.45, 7) is 6.77. The number of ether oxygens (including phenoxy) is 2. The van der Waals surface area contributed by atoms with Gasteiger partial charge in [-0.1, -0.05) is 19.9 Å². The topological polar surface area (TPSA) is 93.9 Å². The molecular weight excluding hydrogens is 310 g/mol. The molecule has 24 heavy (non-hydrogen) atoms. The molecule has 0 saturated carbocycles. The molecule has 1 aliphatic heterocycles. The molecule has 1 aliphatic rings. The maximum Gasteiger partial charge on any atom is 0.242 e. The second-order valence-electron chi connectivity index (χ2n) is 6.08. The minimum Gasteiger partial charge on any atom is -0.454 e. The number of nitrogens with zero attached hydrogens (tertiary/aromatic N) is 1. The number of hydrogen-bond acceptors (Lipinski definition) is 5. The molecule has 132 valence electrons. The average molecular weight is 335 g/mol. The van der Waals surface area contributed by atoms with Crippen LogP contribution < -0.4 is 20.5 Å². The Balaban J connectivity index is 1.91. The average Bonchev–Trinajstić information content (AvgIpc) is 3.03. The van der Waals surface area contributed by atoms with Crippen LogP contribution in [0, 0.1) is 5.92 Å². The number of carbonyl (C=O) groups is 2. The van der Waals surface area contributed by atoms with E-state index >= 15 is 0 Å². The van der Waals surface area contributed by atoms with E-state index in [0.29, 0.717) is 24.6 Å². The molecule has 3 N–H and O–H groups in total. The molecule has 0 spiro atoms. The summed E-state index contributed by atoms with van der Waals surface area (Å²) in [4.78, 5) is 25.8. The standard InChI is InChI=1S/C17H25N3O4/c1-4-20(15(21)8-19-17(22)16(18)11(2)3)9-12-5-6-13-14(7-12)24-10-23-13/h5-7,11,16H,4,8-10,18H2,1-3H3,(H,19,22)/t16-/m0/s1. The Labute approximate surface area is 142 Å². The fraction of sp³-hybridized carbons (Fsp3) is 0.529. The monoisotopic (exact) mass is 335 g/mol. The normalized spacial score (nSPS) is 13.7. The van der Waals surface area contributed by atoms with Crippen molar-refractivity contribution in [2.24, 2.45) is 11.7 Å². The van der Waals surface area contributed by atoms with Gasteiger partial charge in [0.15, 0.2) is 11.5 Å². The third-order valence-corrected chi connectivity index (χ3v) is 3.98. The molecule has 0 saturated heterocycles. The molecule has 1 heterocycles. The van der Waals surface area contributed by atoms with E-state index in [-0.39, 0.29) is 31.1 Å². The van der Waals surface area contributed by atoms with Crippen LogP contribution in [0.1, 0.15) is 26.3 Å². The molecule has 7 heteroatoms. The van der Waals surface area contributed by atoms with Gasteiger partial charge in [-0.3, -0.25) is 9.59 Å². The molecule has 0 aliphatic carbocycles. The Bertz CT molecular complexity index is 603. The molecule has 1 atom stereocenters. The largest absolute Gasteiger partial charge is 0.454 e. The molecule has 2 rings (SSSR count). The molecule has 2 amide bonds. The van der Waals surface area contributed by atoms with E-state index in [0.717, 1.165) is 5.56 Å². The summed E-state index contributed by atoms with van der Waals surface area (Å²) >= 11 is 0. The summed E-state index contributed by atoms with van der Waals surface area (Å²) in [5.41, 5.74) is 6.71. The minimum absolute atomic E-state index is 0.0241. The molecular formula is C17H25N3O4. The van der Waals surface area contributed by atoms with Crippen LogP contribution in [0.3, 0.4) is 0 Å². The van der Waals surface area contributed by atoms with Gasteiger partial charge in [0.2, 0.25) is 18.6 Å². The molecule has 0 fully saturated rings. The van der Waals surface area contributed by atoms with Gasteiger partial charge in [0.25, 0.3) is 0 Å². The van der Waals surface area contributed by atoms with E-state index in [9.17, 15) is 9.59 Å². The second-order valence-corrected chi connectivity index (χ2v) is 6.08. The predicted octanol–water partition coefficient (Wildman–Crippen LogP) is 0.863. The van der Waals surface area contributed by atoms with Crippen LogP contribution in [-0.2, 0) is 16.1 Å². The van der Waals surface area contributed by atoms with Gasteiger partial charge in [0.05, 0.1) is 12.6 Å². The molecule has 1 aromatic rings. The third-order valence-electron chi connectivity index (χ3n) is 3.98. The lowest BCUT2D eigenvalue weighted by Crippen LogP contribution is -2.47. The van der Waals surface area contributed by atoms with E-state index in [1.165, 1.54) is 0 Å². The van der Waals surface area contributed by atoms with E-state index in [1.807, 2.05) is 39.0 Å². The van der Waals surface area contributed by atoms with Gasteiger partial charge in [-0.2, -0.15) is 0 Å². The summed E-state index contributed by atoms with van der Waals surface area (Å²) in [5, 5.41) is 2.61. The maximum atomic E-state index is 12.3. The number of benzene rings is 1. The van der Waals surface area contributed by atoms with E-state index in [4.69, 9.17) is 15.2 Å². The third kappa shape index (κ3) is 4.38. The molecule has 0 unspecified atom stereocenters. The Morgan fingerprint density at radius 1 is 1.29 bits per heavy atom. The highest BCUT2D eigenvalue weighted by Gasteiger charge is 2.20. The first-order chi connectivity index (χ1) is 11.4. The summed E-state index contributed by atoms with van der Waals surface area (Å²) < 4.78 is 10.6. The minimum atomic E-state index is -0.610. The van der Waals surface area contributed by atoms with Gasteiger partial charge < -0.3 is 25.4 Å². The summed E-state index contributed by atoms with van der Waals surface area (Å²) in [7, 11) is 0. The Morgan fingerprint density at radius 2 is 2.00 bits per heavy atom. The number of rotatable bonds is 7. The van der Waals surface area contributed by atoms with Gasteiger partial charge in [-0.25, -0.2) is 0 Å². The summed E-state index contributed by atoms with van der Waals surface area (Å²) in [6, 6.07) is 4.99. The quantitative estimate of drug-likeness (QED) is 0.771. The van der Waals surface area contributed by atoms with Crippen molar-refractivity contribution in [2.45, 2.75) is 33.4 Å². The lowest BCUT2D eigenvalue weighted by atomic mass is 10.1. The van der Waals surface area contributed by atoms with E-state index in [2.05, 4.69) is 5.32 Å². The van der Waals surface area contributed by atoms with Gasteiger partial charge >= 0.3 is 0 Å². The van der Waals surface area contributed by atoms with Crippen LogP contribution in [0.2, 0.25) is 0 Å². The first kappa shape index (κ1) is 18.1. The fourth-order valence-electron chi connectivity index (χ4n) is 2.33. The van der Waals surface area contributed by atoms with Crippen LogP contribution >= 0.6 is 0 Å². The van der Waals surface area contributed by atoms with E-state index in [1.54, 1.807) is 4.90 Å². The highest BCUT2D eigenvalue weighted by Crippen LogP contribution is 2.32. The molecule has 0 bridgehead atoms. The zero-order chi connectivity index (χ0) is 17.7. The number of nitrogens with two attached hydrogens (primary N) is 1. The smallest absolute Gasteiger partial charge is 0.242 e. The number of nitrogens with one attached hydrogen (secondary N) is 1. The number of likely N-dealkylation sites (N-methyl/N-ethyl adjacent to an activating group) is 1. The second kappa shape index (κ2) is 8.01. The lowest BCUT2D eigenvalue weighted by Gasteiger charge is -2.22. The van der Waals surface area contributed by atoms with Gasteiger partial charge in [-0.05, 0) is 30.5 Å². The van der Waals surface area contributed by atoms with Crippen molar-refractivity contribution >= 4 is 11.8 Å². The van der Waals surface area contributed by atoms with Crippen molar-refractivity contribution in [3.8, 4) is 11.5 Å². The van der Waals surface area contributed by atoms with Crippen LogP contribution in [0.5, 0.6) is 11.5 Å². The lowest BCUT2D eigenvalue weighted by molar-refractivity contribution is -0.133. The zero-order valence-corrected chi connectivity index (χ0v) is 14.4. The van der Waals surface area contributed by atoms with Crippen molar-refractivity contribution in [1.82, 2.24) is 10.2 Å². The van der Waals surface area contributed by atoms with Gasteiger partial charge in [0, 0.05) is 13.1 Å². The van der Waals surface area contributed by atoms with Crippen molar-refractivity contribution < 1.29 is 19.1 Å². The highest BCUT2D eigenvalue weighted by molar-refractivity contribution is 5.87.